The van der Waals surface area contributed by atoms with E-state index >= 15 is 0 Å². The summed E-state index contributed by atoms with van der Waals surface area (Å²) in [5, 5.41) is 5.08. The standard InChI is InChI=1S/C41H27N/c1-2-9-27(10-3-1)41-40-36-14-7-13-35(37(36)25-34-12-6-15-38(42-41)39(34)40)33-21-20-31-23-30(18-19-32(31)24-33)29-17-16-26-8-4-5-11-28(26)22-29/h1-24,40H,25H2. The van der Waals surface area contributed by atoms with Crippen LogP contribution >= 0.6 is 0 Å². The molecule has 1 nitrogen and oxygen atoms in total. The molecule has 0 fully saturated rings. The zero-order chi connectivity index (χ0) is 27.6. The van der Waals surface area contributed by atoms with Gasteiger partial charge >= 0.3 is 0 Å². The van der Waals surface area contributed by atoms with Crippen molar-refractivity contribution in [3.63, 3.8) is 0 Å². The quantitative estimate of drug-likeness (QED) is 0.214. The summed E-state index contributed by atoms with van der Waals surface area (Å²) in [6.45, 7) is 0. The van der Waals surface area contributed by atoms with Crippen molar-refractivity contribution in [2.45, 2.75) is 12.3 Å². The molecule has 0 radical (unpaired) electrons. The van der Waals surface area contributed by atoms with Crippen molar-refractivity contribution >= 4 is 32.9 Å². The molecule has 0 amide bonds. The minimum absolute atomic E-state index is 0.173. The van der Waals surface area contributed by atoms with Crippen LogP contribution in [0.1, 0.15) is 33.7 Å². The molecule has 1 aliphatic heterocycles. The Bertz CT molecular complexity index is 2220. The van der Waals surface area contributed by atoms with Crippen LogP contribution in [0.2, 0.25) is 0 Å². The lowest BCUT2D eigenvalue weighted by molar-refractivity contribution is 0.968. The first-order valence-corrected chi connectivity index (χ1v) is 14.7. The molecular weight excluding hydrogens is 506 g/mol. The second-order valence-corrected chi connectivity index (χ2v) is 11.5. The molecule has 1 atom stereocenters. The Morgan fingerprint density at radius 2 is 1.12 bits per heavy atom. The molecule has 0 aromatic heterocycles. The Labute approximate surface area is 245 Å². The molecule has 0 bridgehead atoms. The SMILES string of the molecule is c1ccc(C2=Nc3cccc4c3C2c2cccc(-c3ccc5cc(-c6ccc7ccccc7c6)ccc5c3)c2C4)cc1. The van der Waals surface area contributed by atoms with Crippen molar-refractivity contribution in [1.29, 1.82) is 0 Å². The normalized spacial score (nSPS) is 15.0. The maximum atomic E-state index is 5.18. The van der Waals surface area contributed by atoms with Crippen LogP contribution in [-0.4, -0.2) is 5.71 Å². The van der Waals surface area contributed by atoms with E-state index in [0.717, 1.165) is 17.8 Å². The highest BCUT2D eigenvalue weighted by Gasteiger charge is 2.36. The van der Waals surface area contributed by atoms with E-state index in [-0.39, 0.29) is 5.92 Å². The summed E-state index contributed by atoms with van der Waals surface area (Å²) >= 11 is 0. The minimum Gasteiger partial charge on any atom is -0.251 e. The van der Waals surface area contributed by atoms with Gasteiger partial charge in [-0.25, -0.2) is 0 Å². The summed E-state index contributed by atoms with van der Waals surface area (Å²) in [6, 6.07) is 53.3. The largest absolute Gasteiger partial charge is 0.251 e. The molecule has 0 N–H and O–H groups in total. The first kappa shape index (κ1) is 23.4. The highest BCUT2D eigenvalue weighted by Crippen LogP contribution is 2.50. The molecule has 9 rings (SSSR count). The van der Waals surface area contributed by atoms with Gasteiger partial charge in [0.05, 0.1) is 17.3 Å². The summed E-state index contributed by atoms with van der Waals surface area (Å²) in [5.41, 5.74) is 14.2. The van der Waals surface area contributed by atoms with Gasteiger partial charge in [0.1, 0.15) is 0 Å². The molecule has 1 heterocycles. The molecule has 0 saturated heterocycles. The van der Waals surface area contributed by atoms with Crippen molar-refractivity contribution in [2.24, 2.45) is 4.99 Å². The number of fused-ring (bicyclic) bond motifs is 4. The maximum absolute atomic E-state index is 5.18. The summed E-state index contributed by atoms with van der Waals surface area (Å²) in [4.78, 5) is 5.18. The van der Waals surface area contributed by atoms with Gasteiger partial charge in [0.15, 0.2) is 0 Å². The highest BCUT2D eigenvalue weighted by molar-refractivity contribution is 6.12. The molecule has 7 aromatic rings. The van der Waals surface area contributed by atoms with E-state index < -0.39 is 0 Å². The zero-order valence-electron chi connectivity index (χ0n) is 23.1. The molecule has 42 heavy (non-hydrogen) atoms. The molecule has 0 spiro atoms. The van der Waals surface area contributed by atoms with E-state index in [9.17, 15) is 0 Å². The van der Waals surface area contributed by atoms with Crippen LogP contribution < -0.4 is 0 Å². The summed E-state index contributed by atoms with van der Waals surface area (Å²) in [6.07, 6.45) is 0.932. The lowest BCUT2D eigenvalue weighted by atomic mass is 9.73. The second-order valence-electron chi connectivity index (χ2n) is 11.5. The van der Waals surface area contributed by atoms with Gasteiger partial charge in [0.25, 0.3) is 0 Å². The smallest absolute Gasteiger partial charge is 0.0678 e. The van der Waals surface area contributed by atoms with Crippen molar-refractivity contribution in [3.05, 3.63) is 173 Å². The zero-order valence-corrected chi connectivity index (χ0v) is 23.1. The number of aliphatic imine (C=N–C) groups is 1. The van der Waals surface area contributed by atoms with E-state index in [1.165, 1.54) is 71.6 Å². The molecule has 0 saturated carbocycles. The summed E-state index contributed by atoms with van der Waals surface area (Å²) < 4.78 is 0. The average molecular weight is 534 g/mol. The monoisotopic (exact) mass is 533 g/mol. The van der Waals surface area contributed by atoms with Crippen LogP contribution in [0.5, 0.6) is 0 Å². The third-order valence-electron chi connectivity index (χ3n) is 9.17. The first-order valence-electron chi connectivity index (χ1n) is 14.7. The number of nitrogens with zero attached hydrogens (tertiary/aromatic N) is 1. The van der Waals surface area contributed by atoms with Crippen LogP contribution in [0.3, 0.4) is 0 Å². The van der Waals surface area contributed by atoms with Crippen LogP contribution in [-0.2, 0) is 6.42 Å². The topological polar surface area (TPSA) is 12.4 Å². The second kappa shape index (κ2) is 9.12. The van der Waals surface area contributed by atoms with Crippen molar-refractivity contribution in [2.75, 3.05) is 0 Å². The fourth-order valence-electron chi connectivity index (χ4n) is 7.15. The van der Waals surface area contributed by atoms with Gasteiger partial charge < -0.3 is 0 Å². The molecule has 1 aliphatic carbocycles. The summed E-state index contributed by atoms with van der Waals surface area (Å²) in [7, 11) is 0. The minimum atomic E-state index is 0.173. The van der Waals surface area contributed by atoms with E-state index in [2.05, 4.69) is 146 Å². The molecule has 196 valence electrons. The number of benzene rings is 7. The molecule has 1 unspecified atom stereocenters. The van der Waals surface area contributed by atoms with Gasteiger partial charge in [-0.1, -0.05) is 121 Å². The van der Waals surface area contributed by atoms with Gasteiger partial charge in [0.2, 0.25) is 0 Å². The predicted molar refractivity (Wildman–Crippen MR) is 176 cm³/mol. The van der Waals surface area contributed by atoms with E-state index in [0.29, 0.717) is 0 Å². The van der Waals surface area contributed by atoms with Crippen LogP contribution in [0, 0.1) is 0 Å². The maximum Gasteiger partial charge on any atom is 0.0678 e. The van der Waals surface area contributed by atoms with E-state index in [1.807, 2.05) is 0 Å². The Balaban J connectivity index is 1.14. The fraction of sp³-hybridized carbons (Fsp3) is 0.0488. The Morgan fingerprint density at radius 1 is 0.476 bits per heavy atom. The van der Waals surface area contributed by atoms with E-state index in [4.69, 9.17) is 4.99 Å². The lowest BCUT2D eigenvalue weighted by Gasteiger charge is -2.28. The third-order valence-corrected chi connectivity index (χ3v) is 9.17. The van der Waals surface area contributed by atoms with Crippen molar-refractivity contribution in [1.82, 2.24) is 0 Å². The van der Waals surface area contributed by atoms with Gasteiger partial charge in [-0.3, -0.25) is 4.99 Å². The van der Waals surface area contributed by atoms with Crippen LogP contribution in [0.15, 0.2) is 151 Å². The van der Waals surface area contributed by atoms with Crippen LogP contribution in [0.25, 0.3) is 43.8 Å². The molecule has 2 aliphatic rings. The van der Waals surface area contributed by atoms with Crippen molar-refractivity contribution < 1.29 is 0 Å². The lowest BCUT2D eigenvalue weighted by Crippen LogP contribution is -2.19. The molecule has 1 heteroatoms. The third kappa shape index (κ3) is 3.60. The number of rotatable bonds is 3. The molecule has 7 aromatic carbocycles. The van der Waals surface area contributed by atoms with Gasteiger partial charge in [-0.2, -0.15) is 0 Å². The Morgan fingerprint density at radius 3 is 1.93 bits per heavy atom. The number of hydrogen-bond acceptors (Lipinski definition) is 1. The van der Waals surface area contributed by atoms with Gasteiger partial charge in [-0.05, 0) is 102 Å². The van der Waals surface area contributed by atoms with E-state index in [1.54, 1.807) is 0 Å². The average Bonchev–Trinajstić information content (AvgIpc) is 3.45. The van der Waals surface area contributed by atoms with Gasteiger partial charge in [0, 0.05) is 0 Å². The fourth-order valence-corrected chi connectivity index (χ4v) is 7.15. The summed E-state index contributed by atoms with van der Waals surface area (Å²) in [5.74, 6) is 0.173. The Hall–Kier alpha value is -5.27. The highest BCUT2D eigenvalue weighted by atomic mass is 14.8. The molecular formula is C41H27N. The Kier molecular flexibility index (Phi) is 5.09. The first-order chi connectivity index (χ1) is 20.8. The van der Waals surface area contributed by atoms with Crippen molar-refractivity contribution in [3.8, 4) is 22.3 Å². The predicted octanol–water partition coefficient (Wildman–Crippen LogP) is 10.5. The number of hydrogen-bond donors (Lipinski definition) is 0. The van der Waals surface area contributed by atoms with Crippen LogP contribution in [0.4, 0.5) is 5.69 Å². The van der Waals surface area contributed by atoms with Gasteiger partial charge in [-0.15, -0.1) is 0 Å².